The molecule has 0 bridgehead atoms. The van der Waals surface area contributed by atoms with Gasteiger partial charge in [0.1, 0.15) is 17.1 Å². The van der Waals surface area contributed by atoms with Gasteiger partial charge < -0.3 is 24.2 Å². The van der Waals surface area contributed by atoms with Gasteiger partial charge in [-0.2, -0.15) is 0 Å². The van der Waals surface area contributed by atoms with Crippen LogP contribution in [-0.4, -0.2) is 69.8 Å². The van der Waals surface area contributed by atoms with Crippen molar-refractivity contribution >= 4 is 46.0 Å². The summed E-state index contributed by atoms with van der Waals surface area (Å²) >= 11 is 2.70. The minimum Gasteiger partial charge on any atom is -0.460 e. The molecule has 0 radical (unpaired) electrons. The number of carbonyl (C=O) groups excluding carboxylic acids is 2. The maximum Gasteiger partial charge on any atom is 0.349 e. The lowest BCUT2D eigenvalue weighted by molar-refractivity contribution is -0.169. The molecule has 1 fully saturated rings. The van der Waals surface area contributed by atoms with E-state index >= 15 is 0 Å². The molecule has 4 heterocycles. The number of benzene rings is 1. The van der Waals surface area contributed by atoms with Gasteiger partial charge in [-0.15, -0.1) is 27.8 Å². The van der Waals surface area contributed by atoms with Crippen LogP contribution in [-0.2, 0) is 21.7 Å². The maximum absolute atomic E-state index is 13.3. The average Bonchev–Trinajstić information content (AvgIpc) is 3.79. The number of hydrogen-bond acceptors (Lipinski definition) is 11. The Morgan fingerprint density at radius 2 is 1.88 bits per heavy atom. The third-order valence-electron chi connectivity index (χ3n) is 7.74. The fraction of sp³-hybridized carbons (Fsp3) is 0.429. The number of aldehydes is 1. The SMILES string of the molecule is CN(CCCn1nnc2cc(C=O)c3c(c21)OCO3)[C@H]1CC[C@H](OC(=O)C(O)(c2cccs2)c2cccs2)CC1. The Morgan fingerprint density at radius 3 is 2.52 bits per heavy atom. The molecule has 4 aromatic rings. The Balaban J connectivity index is 1.02. The van der Waals surface area contributed by atoms with Crippen LogP contribution in [0.25, 0.3) is 11.0 Å². The van der Waals surface area contributed by atoms with E-state index in [2.05, 4.69) is 22.3 Å². The molecule has 40 heavy (non-hydrogen) atoms. The molecule has 1 aromatic carbocycles. The summed E-state index contributed by atoms with van der Waals surface area (Å²) in [6.45, 7) is 1.58. The molecule has 12 heteroatoms. The monoisotopic (exact) mass is 582 g/mol. The molecule has 2 aliphatic rings. The maximum atomic E-state index is 13.3. The smallest absolute Gasteiger partial charge is 0.349 e. The van der Waals surface area contributed by atoms with Crippen LogP contribution in [0.1, 0.15) is 52.2 Å². The number of aryl methyl sites for hydroxylation is 1. The van der Waals surface area contributed by atoms with Crippen LogP contribution in [0.5, 0.6) is 11.5 Å². The molecular weight excluding hydrogens is 552 g/mol. The summed E-state index contributed by atoms with van der Waals surface area (Å²) in [6, 6.07) is 9.27. The third-order valence-corrected chi connectivity index (χ3v) is 9.70. The predicted molar refractivity (Wildman–Crippen MR) is 150 cm³/mol. The van der Waals surface area contributed by atoms with Crippen molar-refractivity contribution in [2.45, 2.75) is 56.4 Å². The Kier molecular flexibility index (Phi) is 7.58. The first kappa shape index (κ1) is 26.9. The Labute approximate surface area is 239 Å². The number of fused-ring (bicyclic) bond motifs is 3. The van der Waals surface area contributed by atoms with Crippen molar-refractivity contribution in [3.8, 4) is 11.5 Å². The minimum absolute atomic E-state index is 0.0720. The van der Waals surface area contributed by atoms with Crippen molar-refractivity contribution in [3.05, 3.63) is 56.4 Å². The molecule has 0 saturated heterocycles. The van der Waals surface area contributed by atoms with Gasteiger partial charge in [0.05, 0.1) is 15.3 Å². The molecule has 0 atom stereocenters. The summed E-state index contributed by atoms with van der Waals surface area (Å²) in [4.78, 5) is 28.2. The number of ether oxygens (including phenoxy) is 3. The Bertz CT molecular complexity index is 1440. The Morgan fingerprint density at radius 1 is 1.18 bits per heavy atom. The van der Waals surface area contributed by atoms with E-state index in [-0.39, 0.29) is 12.9 Å². The first-order chi connectivity index (χ1) is 19.5. The van der Waals surface area contributed by atoms with Gasteiger partial charge in [-0.1, -0.05) is 17.3 Å². The number of esters is 1. The first-order valence-electron chi connectivity index (χ1n) is 13.3. The summed E-state index contributed by atoms with van der Waals surface area (Å²) in [5.74, 6) is 0.371. The lowest BCUT2D eigenvalue weighted by atomic mass is 9.91. The highest BCUT2D eigenvalue weighted by atomic mass is 32.1. The summed E-state index contributed by atoms with van der Waals surface area (Å²) < 4.78 is 18.8. The zero-order valence-electron chi connectivity index (χ0n) is 22.0. The molecule has 6 rings (SSSR count). The van der Waals surface area contributed by atoms with Crippen LogP contribution >= 0.6 is 22.7 Å². The van der Waals surface area contributed by atoms with Crippen molar-refractivity contribution in [2.75, 3.05) is 20.4 Å². The van der Waals surface area contributed by atoms with Crippen molar-refractivity contribution in [3.63, 3.8) is 0 Å². The summed E-state index contributed by atoms with van der Waals surface area (Å²) in [5.41, 5.74) is -0.00492. The van der Waals surface area contributed by atoms with Crippen molar-refractivity contribution in [1.82, 2.24) is 19.9 Å². The number of thiophene rings is 2. The lowest BCUT2D eigenvalue weighted by Crippen LogP contribution is -2.42. The number of rotatable bonds is 10. The van der Waals surface area contributed by atoms with Crippen LogP contribution in [0, 0.1) is 0 Å². The number of aromatic nitrogens is 3. The van der Waals surface area contributed by atoms with Crippen LogP contribution in [0.2, 0.25) is 0 Å². The van der Waals surface area contributed by atoms with Crippen LogP contribution in [0.3, 0.4) is 0 Å². The van der Waals surface area contributed by atoms with Crippen molar-refractivity contribution in [1.29, 1.82) is 0 Å². The highest BCUT2D eigenvalue weighted by Crippen LogP contribution is 2.41. The molecule has 1 N–H and O–H groups in total. The van der Waals surface area contributed by atoms with Crippen LogP contribution < -0.4 is 9.47 Å². The average molecular weight is 583 g/mol. The number of aliphatic hydroxyl groups is 1. The minimum atomic E-state index is -1.77. The molecule has 1 aliphatic heterocycles. The van der Waals surface area contributed by atoms with E-state index in [1.54, 1.807) is 18.2 Å². The second kappa shape index (κ2) is 11.3. The third kappa shape index (κ3) is 4.89. The van der Waals surface area contributed by atoms with Gasteiger partial charge in [0.2, 0.25) is 12.4 Å². The molecule has 0 unspecified atom stereocenters. The van der Waals surface area contributed by atoms with Gasteiger partial charge >= 0.3 is 5.97 Å². The highest BCUT2D eigenvalue weighted by molar-refractivity contribution is 7.12. The van der Waals surface area contributed by atoms with Crippen LogP contribution in [0.15, 0.2) is 41.1 Å². The molecule has 0 amide bonds. The van der Waals surface area contributed by atoms with E-state index in [9.17, 15) is 14.7 Å². The largest absolute Gasteiger partial charge is 0.460 e. The summed E-state index contributed by atoms with van der Waals surface area (Å²) in [7, 11) is 2.12. The van der Waals surface area contributed by atoms with Gasteiger partial charge in [0, 0.05) is 12.6 Å². The molecule has 10 nitrogen and oxygen atoms in total. The van der Waals surface area contributed by atoms with Gasteiger partial charge in [-0.05, 0) is 74.7 Å². The normalized spacial score (nSPS) is 18.9. The van der Waals surface area contributed by atoms with Gasteiger partial charge in [-0.25, -0.2) is 9.48 Å². The molecule has 1 saturated carbocycles. The highest BCUT2D eigenvalue weighted by Gasteiger charge is 2.45. The van der Waals surface area contributed by atoms with Crippen molar-refractivity contribution in [2.24, 2.45) is 0 Å². The topological polar surface area (TPSA) is 116 Å². The predicted octanol–water partition coefficient (Wildman–Crippen LogP) is 4.21. The fourth-order valence-corrected chi connectivity index (χ4v) is 7.28. The van der Waals surface area contributed by atoms with Crippen LogP contribution in [0.4, 0.5) is 0 Å². The standard InChI is InChI=1S/C28H30N4O6S2/c1-31(11-4-12-32-24-21(29-30-32)15-18(16-33)25-26(24)37-17-36-25)19-7-9-20(10-8-19)38-27(34)28(35,22-5-2-13-39-22)23-6-3-14-40-23/h2-3,5-6,13-16,19-20,35H,4,7-12,17H2,1H3/t19-,20-. The fourth-order valence-electron chi connectivity index (χ4n) is 5.57. The second-order valence-corrected chi connectivity index (χ2v) is 12.1. The molecule has 1 aliphatic carbocycles. The summed E-state index contributed by atoms with van der Waals surface area (Å²) in [6.07, 6.45) is 4.69. The molecular formula is C28H30N4O6S2. The van der Waals surface area contributed by atoms with E-state index < -0.39 is 11.6 Å². The van der Waals surface area contributed by atoms with Gasteiger partial charge in [0.25, 0.3) is 0 Å². The number of hydrogen-bond donors (Lipinski definition) is 1. The van der Waals surface area contributed by atoms with Gasteiger partial charge in [-0.3, -0.25) is 4.79 Å². The lowest BCUT2D eigenvalue weighted by Gasteiger charge is -2.35. The Hall–Kier alpha value is -3.32. The molecule has 0 spiro atoms. The molecule has 3 aromatic heterocycles. The zero-order valence-corrected chi connectivity index (χ0v) is 23.7. The van der Waals surface area contributed by atoms with Gasteiger partial charge in [0.15, 0.2) is 17.8 Å². The quantitative estimate of drug-likeness (QED) is 0.217. The number of carbonyl (C=O) groups is 2. The number of nitrogens with zero attached hydrogens (tertiary/aromatic N) is 4. The van der Waals surface area contributed by atoms with E-state index in [0.29, 0.717) is 44.9 Å². The molecule has 210 valence electrons. The van der Waals surface area contributed by atoms with Crippen molar-refractivity contribution < 1.29 is 28.9 Å². The van der Waals surface area contributed by atoms with E-state index in [1.165, 1.54) is 22.7 Å². The van der Waals surface area contributed by atoms with E-state index in [4.69, 9.17) is 14.2 Å². The second-order valence-electron chi connectivity index (χ2n) is 10.2. The summed E-state index contributed by atoms with van der Waals surface area (Å²) in [5, 5.41) is 23.7. The zero-order chi connectivity index (χ0) is 27.7. The van der Waals surface area contributed by atoms with E-state index in [0.717, 1.165) is 50.5 Å². The van der Waals surface area contributed by atoms with E-state index in [1.807, 2.05) is 27.6 Å². The first-order valence-corrected chi connectivity index (χ1v) is 15.1.